The molecule has 0 fully saturated rings. The van der Waals surface area contributed by atoms with Crippen LogP contribution < -0.4 is 21.7 Å². The number of nitrogens with one attached hydrogen (secondary N) is 1. The molecular weight excluding hydrogens is 342 g/mol. The van der Waals surface area contributed by atoms with Gasteiger partial charge in [0, 0.05) is 13.5 Å². The summed E-state index contributed by atoms with van der Waals surface area (Å²) in [7, 11) is 2.87. The second-order valence-electron chi connectivity index (χ2n) is 5.51. The molecule has 1 heterocycles. The number of methoxy groups -OCH3 is 1. The van der Waals surface area contributed by atoms with Crippen LogP contribution in [0.1, 0.15) is 22.3 Å². The Morgan fingerprint density at radius 2 is 1.85 bits per heavy atom. The number of H-pyrrole nitrogens is 1. The molecule has 0 amide bonds. The smallest absolute Gasteiger partial charge is 0.329 e. The largest absolute Gasteiger partial charge is 0.497 e. The number of ketones is 1. The van der Waals surface area contributed by atoms with Crippen LogP contribution >= 0.6 is 0 Å². The molecule has 9 heteroatoms. The zero-order valence-corrected chi connectivity index (χ0v) is 14.4. The number of Topliss-reactive ketones (excluding diaryl/α,β-unsaturated/α-hetero) is 1. The van der Waals surface area contributed by atoms with Gasteiger partial charge in [-0.3, -0.25) is 23.9 Å². The van der Waals surface area contributed by atoms with E-state index < -0.39 is 35.2 Å². The summed E-state index contributed by atoms with van der Waals surface area (Å²) in [6, 6.07) is 7.20. The average Bonchev–Trinajstić information content (AvgIpc) is 2.63. The highest BCUT2D eigenvalue weighted by molar-refractivity contribution is 6.01. The lowest BCUT2D eigenvalue weighted by atomic mass is 10.1. The molecule has 3 N–H and O–H groups in total. The molecule has 2 aromatic rings. The average molecular weight is 361 g/mol. The van der Waals surface area contributed by atoms with Gasteiger partial charge in [0.15, 0.2) is 6.61 Å². The molecular formula is C17H19N3O6. The number of aromatic amines is 1. The molecule has 0 atom stereocenters. The number of nitrogens with zero attached hydrogens (tertiary/aromatic N) is 1. The van der Waals surface area contributed by atoms with Gasteiger partial charge in [-0.1, -0.05) is 12.1 Å². The fraction of sp³-hybridized carbons (Fsp3) is 0.294. The van der Waals surface area contributed by atoms with E-state index in [2.05, 4.69) is 0 Å². The topological polar surface area (TPSA) is 133 Å². The van der Waals surface area contributed by atoms with Crippen molar-refractivity contribution in [3.8, 4) is 5.75 Å². The van der Waals surface area contributed by atoms with Gasteiger partial charge in [-0.25, -0.2) is 4.79 Å². The molecule has 9 nitrogen and oxygen atoms in total. The van der Waals surface area contributed by atoms with Gasteiger partial charge in [-0.05, 0) is 24.1 Å². The van der Waals surface area contributed by atoms with E-state index in [4.69, 9.17) is 15.2 Å². The van der Waals surface area contributed by atoms with Gasteiger partial charge in [0.05, 0.1) is 7.11 Å². The molecule has 0 aliphatic rings. The zero-order valence-electron chi connectivity index (χ0n) is 14.4. The Kier molecular flexibility index (Phi) is 5.94. The van der Waals surface area contributed by atoms with Crippen molar-refractivity contribution in [3.05, 3.63) is 56.2 Å². The van der Waals surface area contributed by atoms with Crippen LogP contribution in [-0.2, 0) is 23.0 Å². The Bertz CT molecular complexity index is 927. The number of esters is 1. The number of rotatable bonds is 7. The first-order valence-corrected chi connectivity index (χ1v) is 7.74. The number of aryl methyl sites for hydroxylation is 1. The molecule has 138 valence electrons. The highest BCUT2D eigenvalue weighted by Gasteiger charge is 2.19. The quantitative estimate of drug-likeness (QED) is 0.524. The van der Waals surface area contributed by atoms with Crippen LogP contribution in [0.5, 0.6) is 5.75 Å². The minimum atomic E-state index is -0.912. The molecule has 0 saturated heterocycles. The Labute approximate surface area is 148 Å². The van der Waals surface area contributed by atoms with E-state index in [-0.39, 0.29) is 12.2 Å². The van der Waals surface area contributed by atoms with Gasteiger partial charge in [-0.2, -0.15) is 0 Å². The Balaban J connectivity index is 1.93. The van der Waals surface area contributed by atoms with Crippen molar-refractivity contribution in [2.45, 2.75) is 12.8 Å². The summed E-state index contributed by atoms with van der Waals surface area (Å²) in [4.78, 5) is 49.0. The van der Waals surface area contributed by atoms with E-state index in [1.807, 2.05) is 17.1 Å². The summed E-state index contributed by atoms with van der Waals surface area (Å²) in [5.74, 6) is -0.939. The van der Waals surface area contributed by atoms with Gasteiger partial charge in [0.1, 0.15) is 17.1 Å². The van der Waals surface area contributed by atoms with Crippen LogP contribution in [0.4, 0.5) is 5.82 Å². The van der Waals surface area contributed by atoms with Gasteiger partial charge in [-0.15, -0.1) is 0 Å². The number of hydrogen-bond acceptors (Lipinski definition) is 7. The Morgan fingerprint density at radius 1 is 1.19 bits per heavy atom. The van der Waals surface area contributed by atoms with E-state index >= 15 is 0 Å². The van der Waals surface area contributed by atoms with Crippen LogP contribution in [-0.4, -0.2) is 35.0 Å². The predicted octanol–water partition coefficient (Wildman–Crippen LogP) is 0.0231. The van der Waals surface area contributed by atoms with Crippen molar-refractivity contribution in [3.63, 3.8) is 0 Å². The van der Waals surface area contributed by atoms with Crippen molar-refractivity contribution in [1.29, 1.82) is 0 Å². The SMILES string of the molecule is COc1ccc(CCC(=O)OCC(=O)c2c(N)n(C)c(=O)[nH]c2=O)cc1. The third kappa shape index (κ3) is 4.38. The van der Waals surface area contributed by atoms with Gasteiger partial charge in [0.25, 0.3) is 5.56 Å². The number of hydrogen-bond donors (Lipinski definition) is 2. The minimum Gasteiger partial charge on any atom is -0.497 e. The van der Waals surface area contributed by atoms with Crippen molar-refractivity contribution in [2.75, 3.05) is 19.5 Å². The zero-order chi connectivity index (χ0) is 19.3. The molecule has 0 spiro atoms. The van der Waals surface area contributed by atoms with Crippen molar-refractivity contribution < 1.29 is 19.1 Å². The standard InChI is InChI=1S/C17H19N3O6/c1-20-15(18)14(16(23)19-17(20)24)12(21)9-26-13(22)8-5-10-3-6-11(25-2)7-4-10/h3-4,6-7H,5,8-9,18H2,1-2H3,(H,19,23,24). The van der Waals surface area contributed by atoms with Crippen LogP contribution in [0.25, 0.3) is 0 Å². The molecule has 0 saturated carbocycles. The highest BCUT2D eigenvalue weighted by Crippen LogP contribution is 2.13. The fourth-order valence-corrected chi connectivity index (χ4v) is 2.24. The number of nitrogen functional groups attached to an aromatic ring is 1. The molecule has 0 bridgehead atoms. The molecule has 0 radical (unpaired) electrons. The monoisotopic (exact) mass is 361 g/mol. The summed E-state index contributed by atoms with van der Waals surface area (Å²) in [6.07, 6.45) is 0.498. The summed E-state index contributed by atoms with van der Waals surface area (Å²) in [6.45, 7) is -0.632. The van der Waals surface area contributed by atoms with Gasteiger partial charge >= 0.3 is 11.7 Å². The number of ether oxygens (including phenoxy) is 2. The summed E-state index contributed by atoms with van der Waals surface area (Å²) < 4.78 is 10.9. The van der Waals surface area contributed by atoms with E-state index in [0.29, 0.717) is 12.2 Å². The predicted molar refractivity (Wildman–Crippen MR) is 93.3 cm³/mol. The number of carbonyl (C=O) groups is 2. The maximum absolute atomic E-state index is 12.1. The normalized spacial score (nSPS) is 10.4. The molecule has 2 rings (SSSR count). The lowest BCUT2D eigenvalue weighted by Gasteiger charge is -2.08. The van der Waals surface area contributed by atoms with Crippen LogP contribution in [0.2, 0.25) is 0 Å². The van der Waals surface area contributed by atoms with Crippen LogP contribution in [0.3, 0.4) is 0 Å². The lowest BCUT2D eigenvalue weighted by Crippen LogP contribution is -2.35. The second kappa shape index (κ2) is 8.15. The molecule has 0 aliphatic heterocycles. The molecule has 26 heavy (non-hydrogen) atoms. The number of carbonyl (C=O) groups excluding carboxylic acids is 2. The maximum atomic E-state index is 12.1. The summed E-state index contributed by atoms with van der Waals surface area (Å²) in [5, 5.41) is 0. The van der Waals surface area contributed by atoms with E-state index in [1.165, 1.54) is 7.05 Å². The second-order valence-corrected chi connectivity index (χ2v) is 5.51. The van der Waals surface area contributed by atoms with Crippen molar-refractivity contribution >= 4 is 17.6 Å². The first-order valence-electron chi connectivity index (χ1n) is 7.74. The highest BCUT2D eigenvalue weighted by atomic mass is 16.5. The van der Waals surface area contributed by atoms with Crippen LogP contribution in [0.15, 0.2) is 33.9 Å². The first kappa shape index (κ1) is 19.0. The van der Waals surface area contributed by atoms with Crippen molar-refractivity contribution in [1.82, 2.24) is 9.55 Å². The Morgan fingerprint density at radius 3 is 2.46 bits per heavy atom. The number of aromatic nitrogens is 2. The maximum Gasteiger partial charge on any atom is 0.329 e. The van der Waals surface area contributed by atoms with Crippen molar-refractivity contribution in [2.24, 2.45) is 7.05 Å². The fourth-order valence-electron chi connectivity index (χ4n) is 2.24. The minimum absolute atomic E-state index is 0.0682. The first-order chi connectivity index (χ1) is 12.3. The lowest BCUT2D eigenvalue weighted by molar-refractivity contribution is -0.142. The van der Waals surface area contributed by atoms with E-state index in [9.17, 15) is 19.2 Å². The molecule has 0 aliphatic carbocycles. The van der Waals surface area contributed by atoms with Gasteiger partial charge < -0.3 is 15.2 Å². The number of nitrogens with two attached hydrogens (primary N) is 1. The van der Waals surface area contributed by atoms with E-state index in [1.54, 1.807) is 19.2 Å². The third-order valence-corrected chi connectivity index (χ3v) is 3.79. The number of anilines is 1. The van der Waals surface area contributed by atoms with Crippen LogP contribution in [0, 0.1) is 0 Å². The summed E-state index contributed by atoms with van der Waals surface area (Å²) >= 11 is 0. The Hall–Kier alpha value is -3.36. The van der Waals surface area contributed by atoms with Gasteiger partial charge in [0.2, 0.25) is 5.78 Å². The summed E-state index contributed by atoms with van der Waals surface area (Å²) in [5.41, 5.74) is 4.48. The molecule has 1 aromatic carbocycles. The van der Waals surface area contributed by atoms with E-state index in [0.717, 1.165) is 10.1 Å². The number of benzene rings is 1. The molecule has 0 unspecified atom stereocenters. The third-order valence-electron chi connectivity index (χ3n) is 3.79. The molecule has 1 aromatic heterocycles.